The van der Waals surface area contributed by atoms with Gasteiger partial charge in [-0.25, -0.2) is 4.98 Å². The van der Waals surface area contributed by atoms with E-state index in [9.17, 15) is 0 Å². The van der Waals surface area contributed by atoms with Gasteiger partial charge in [-0.05, 0) is 72.1 Å². The average Bonchev–Trinajstić information content (AvgIpc) is 3.60. The van der Waals surface area contributed by atoms with Crippen molar-refractivity contribution >= 4 is 60.9 Å². The minimum absolute atomic E-state index is 0.626. The van der Waals surface area contributed by atoms with E-state index in [1.54, 1.807) is 0 Å². The standard InChI is InChI=1S/C35H22N2O2/c1-3-9-24(10-4-1)35-36-31-19-16-23-15-17-26(21-29(23)34(31)39-35)37(25-11-5-2-6-12-25)27-18-20-33-30(22-27)28-13-7-8-14-32(28)38-33/h1-22H. The van der Waals surface area contributed by atoms with Gasteiger partial charge in [0.25, 0.3) is 0 Å². The van der Waals surface area contributed by atoms with Crippen LogP contribution in [0.3, 0.4) is 0 Å². The number of oxazole rings is 1. The summed E-state index contributed by atoms with van der Waals surface area (Å²) in [6, 6.07) is 45.7. The van der Waals surface area contributed by atoms with Crippen LogP contribution in [-0.4, -0.2) is 4.98 Å². The second-order valence-electron chi connectivity index (χ2n) is 9.65. The molecule has 8 rings (SSSR count). The summed E-state index contributed by atoms with van der Waals surface area (Å²) in [5.41, 5.74) is 7.52. The molecule has 0 radical (unpaired) electrons. The van der Waals surface area contributed by atoms with Crippen LogP contribution in [0.25, 0.3) is 55.3 Å². The van der Waals surface area contributed by atoms with Crippen LogP contribution in [0.2, 0.25) is 0 Å². The number of benzene rings is 6. The first kappa shape index (κ1) is 21.7. The third kappa shape index (κ3) is 3.57. The molecule has 0 atom stereocenters. The Labute approximate surface area is 224 Å². The lowest BCUT2D eigenvalue weighted by Gasteiger charge is -2.25. The fourth-order valence-corrected chi connectivity index (χ4v) is 5.41. The maximum atomic E-state index is 6.37. The fraction of sp³-hybridized carbons (Fsp3) is 0. The monoisotopic (exact) mass is 502 g/mol. The second-order valence-corrected chi connectivity index (χ2v) is 9.65. The van der Waals surface area contributed by atoms with E-state index >= 15 is 0 Å². The van der Waals surface area contributed by atoms with Crippen molar-refractivity contribution in [2.45, 2.75) is 0 Å². The fourth-order valence-electron chi connectivity index (χ4n) is 5.41. The third-order valence-electron chi connectivity index (χ3n) is 7.27. The zero-order valence-electron chi connectivity index (χ0n) is 20.9. The van der Waals surface area contributed by atoms with Gasteiger partial charge >= 0.3 is 0 Å². The Morgan fingerprint density at radius 2 is 1.15 bits per heavy atom. The summed E-state index contributed by atoms with van der Waals surface area (Å²) in [6.45, 7) is 0. The molecular formula is C35H22N2O2. The normalized spacial score (nSPS) is 11.6. The van der Waals surface area contributed by atoms with Gasteiger partial charge in [0.15, 0.2) is 5.58 Å². The van der Waals surface area contributed by atoms with Crippen molar-refractivity contribution in [2.24, 2.45) is 0 Å². The Hall–Kier alpha value is -5.35. The maximum Gasteiger partial charge on any atom is 0.227 e. The second kappa shape index (κ2) is 8.61. The van der Waals surface area contributed by atoms with Gasteiger partial charge < -0.3 is 13.7 Å². The van der Waals surface area contributed by atoms with Crippen LogP contribution in [0.15, 0.2) is 142 Å². The minimum atomic E-state index is 0.626. The molecule has 2 heterocycles. The Balaban J connectivity index is 1.34. The molecule has 0 unspecified atom stereocenters. The number of fused-ring (bicyclic) bond motifs is 6. The van der Waals surface area contributed by atoms with Crippen molar-refractivity contribution in [2.75, 3.05) is 4.90 Å². The number of para-hydroxylation sites is 2. The van der Waals surface area contributed by atoms with Crippen LogP contribution in [0.5, 0.6) is 0 Å². The van der Waals surface area contributed by atoms with Gasteiger partial charge in [-0.3, -0.25) is 0 Å². The SMILES string of the molecule is c1ccc(-c2nc3ccc4ccc(N(c5ccccc5)c5ccc6oc7ccccc7c6c5)cc4c3o2)cc1. The van der Waals surface area contributed by atoms with Crippen molar-refractivity contribution < 1.29 is 8.83 Å². The van der Waals surface area contributed by atoms with Crippen LogP contribution in [0, 0.1) is 0 Å². The van der Waals surface area contributed by atoms with E-state index in [1.165, 1.54) is 0 Å². The van der Waals surface area contributed by atoms with Crippen LogP contribution in [-0.2, 0) is 0 Å². The Bertz CT molecular complexity index is 2130. The maximum absolute atomic E-state index is 6.37. The topological polar surface area (TPSA) is 42.4 Å². The number of hydrogen-bond donors (Lipinski definition) is 0. The van der Waals surface area contributed by atoms with Gasteiger partial charge in [-0.2, -0.15) is 0 Å². The van der Waals surface area contributed by atoms with E-state index in [0.29, 0.717) is 5.89 Å². The molecule has 0 N–H and O–H groups in total. The van der Waals surface area contributed by atoms with Crippen molar-refractivity contribution in [1.29, 1.82) is 0 Å². The lowest BCUT2D eigenvalue weighted by Crippen LogP contribution is -2.09. The van der Waals surface area contributed by atoms with Gasteiger partial charge in [0.05, 0.1) is 0 Å². The van der Waals surface area contributed by atoms with E-state index in [0.717, 1.165) is 66.4 Å². The van der Waals surface area contributed by atoms with Gasteiger partial charge in [0.1, 0.15) is 16.7 Å². The van der Waals surface area contributed by atoms with Crippen LogP contribution < -0.4 is 4.90 Å². The molecule has 39 heavy (non-hydrogen) atoms. The third-order valence-corrected chi connectivity index (χ3v) is 7.27. The van der Waals surface area contributed by atoms with E-state index in [2.05, 4.69) is 83.8 Å². The molecule has 184 valence electrons. The molecule has 4 nitrogen and oxygen atoms in total. The predicted molar refractivity (Wildman–Crippen MR) is 159 cm³/mol. The number of hydrogen-bond acceptors (Lipinski definition) is 4. The molecule has 0 saturated carbocycles. The van der Waals surface area contributed by atoms with Crippen molar-refractivity contribution in [3.05, 3.63) is 133 Å². The molecule has 0 bridgehead atoms. The summed E-state index contributed by atoms with van der Waals surface area (Å²) in [4.78, 5) is 7.06. The molecule has 2 aromatic heterocycles. The van der Waals surface area contributed by atoms with E-state index in [1.807, 2.05) is 54.6 Å². The highest BCUT2D eigenvalue weighted by atomic mass is 16.3. The molecule has 0 amide bonds. The van der Waals surface area contributed by atoms with E-state index < -0.39 is 0 Å². The molecule has 0 aliphatic carbocycles. The summed E-state index contributed by atoms with van der Waals surface area (Å²) >= 11 is 0. The number of anilines is 3. The largest absolute Gasteiger partial charge is 0.456 e. The molecule has 8 aromatic rings. The van der Waals surface area contributed by atoms with Crippen molar-refractivity contribution in [3.8, 4) is 11.5 Å². The first-order chi connectivity index (χ1) is 19.3. The molecule has 4 heteroatoms. The first-order valence-corrected chi connectivity index (χ1v) is 13.0. The summed E-state index contributed by atoms with van der Waals surface area (Å²) in [5, 5.41) is 4.33. The molecule has 0 spiro atoms. The number of aromatic nitrogens is 1. The molecule has 0 aliphatic rings. The highest BCUT2D eigenvalue weighted by Crippen LogP contribution is 2.40. The zero-order chi connectivity index (χ0) is 25.8. The molecule has 0 saturated heterocycles. The highest BCUT2D eigenvalue weighted by Gasteiger charge is 2.17. The Kier molecular flexibility index (Phi) is 4.79. The number of rotatable bonds is 4. The first-order valence-electron chi connectivity index (χ1n) is 13.0. The van der Waals surface area contributed by atoms with Crippen molar-refractivity contribution in [1.82, 2.24) is 4.98 Å². The Morgan fingerprint density at radius 3 is 2.00 bits per heavy atom. The lowest BCUT2D eigenvalue weighted by atomic mass is 10.1. The van der Waals surface area contributed by atoms with E-state index in [-0.39, 0.29) is 0 Å². The average molecular weight is 503 g/mol. The lowest BCUT2D eigenvalue weighted by molar-refractivity contribution is 0.623. The van der Waals surface area contributed by atoms with Gasteiger partial charge in [-0.1, -0.05) is 66.7 Å². The molecule has 6 aromatic carbocycles. The summed E-state index contributed by atoms with van der Waals surface area (Å²) in [6.07, 6.45) is 0. The highest BCUT2D eigenvalue weighted by molar-refractivity contribution is 6.08. The quantitative estimate of drug-likeness (QED) is 0.240. The van der Waals surface area contributed by atoms with Crippen LogP contribution in [0.4, 0.5) is 17.1 Å². The molecule has 0 fully saturated rings. The molecular weight excluding hydrogens is 480 g/mol. The van der Waals surface area contributed by atoms with E-state index in [4.69, 9.17) is 13.8 Å². The van der Waals surface area contributed by atoms with Crippen LogP contribution >= 0.6 is 0 Å². The summed E-state index contributed by atoms with van der Waals surface area (Å²) in [5.74, 6) is 0.626. The van der Waals surface area contributed by atoms with Gasteiger partial charge in [0.2, 0.25) is 5.89 Å². The Morgan fingerprint density at radius 1 is 0.487 bits per heavy atom. The van der Waals surface area contributed by atoms with Gasteiger partial charge in [-0.15, -0.1) is 0 Å². The van der Waals surface area contributed by atoms with Crippen LogP contribution in [0.1, 0.15) is 0 Å². The predicted octanol–water partition coefficient (Wildman–Crippen LogP) is 10.0. The zero-order valence-corrected chi connectivity index (χ0v) is 20.9. The number of nitrogens with zero attached hydrogens (tertiary/aromatic N) is 2. The number of furan rings is 1. The van der Waals surface area contributed by atoms with Gasteiger partial charge in [0, 0.05) is 38.8 Å². The smallest absolute Gasteiger partial charge is 0.227 e. The summed E-state index contributed by atoms with van der Waals surface area (Å²) in [7, 11) is 0. The summed E-state index contributed by atoms with van der Waals surface area (Å²) < 4.78 is 12.5. The molecule has 0 aliphatic heterocycles. The van der Waals surface area contributed by atoms with Crippen molar-refractivity contribution in [3.63, 3.8) is 0 Å². The minimum Gasteiger partial charge on any atom is -0.456 e.